The number of benzene rings is 2. The monoisotopic (exact) mass is 424 g/mol. The topological polar surface area (TPSA) is 59.3 Å². The SMILES string of the molecule is CCC[C@H](c1nnnn1Cc1ccc(OC)cc1)N1CCN(c2ccc(F)cc2)CC1. The van der Waals surface area contributed by atoms with E-state index in [1.54, 1.807) is 7.11 Å². The lowest BCUT2D eigenvalue weighted by Gasteiger charge is -2.39. The van der Waals surface area contributed by atoms with Crippen molar-refractivity contribution in [2.75, 3.05) is 38.2 Å². The molecule has 1 saturated heterocycles. The molecule has 1 fully saturated rings. The zero-order chi connectivity index (χ0) is 21.6. The van der Waals surface area contributed by atoms with E-state index in [0.29, 0.717) is 6.54 Å². The molecule has 0 bridgehead atoms. The van der Waals surface area contributed by atoms with Crippen LogP contribution in [0.25, 0.3) is 0 Å². The van der Waals surface area contributed by atoms with Crippen LogP contribution in [0.2, 0.25) is 0 Å². The quantitative estimate of drug-likeness (QED) is 0.551. The molecule has 0 spiro atoms. The van der Waals surface area contributed by atoms with Crippen molar-refractivity contribution in [3.05, 3.63) is 65.7 Å². The van der Waals surface area contributed by atoms with Crippen LogP contribution in [-0.2, 0) is 6.54 Å². The predicted molar refractivity (Wildman–Crippen MR) is 118 cm³/mol. The fourth-order valence-electron chi connectivity index (χ4n) is 4.16. The molecule has 1 atom stereocenters. The van der Waals surface area contributed by atoms with E-state index in [1.165, 1.54) is 12.1 Å². The van der Waals surface area contributed by atoms with Crippen molar-refractivity contribution in [3.63, 3.8) is 0 Å². The van der Waals surface area contributed by atoms with Crippen LogP contribution in [0.3, 0.4) is 0 Å². The van der Waals surface area contributed by atoms with E-state index in [1.807, 2.05) is 41.1 Å². The largest absolute Gasteiger partial charge is 0.497 e. The number of rotatable bonds is 8. The van der Waals surface area contributed by atoms with Crippen LogP contribution in [-0.4, -0.2) is 58.4 Å². The van der Waals surface area contributed by atoms with E-state index < -0.39 is 0 Å². The molecule has 7 nitrogen and oxygen atoms in total. The highest BCUT2D eigenvalue weighted by atomic mass is 19.1. The summed E-state index contributed by atoms with van der Waals surface area (Å²) in [5.41, 5.74) is 2.20. The van der Waals surface area contributed by atoms with Gasteiger partial charge in [-0.3, -0.25) is 4.90 Å². The van der Waals surface area contributed by atoms with Crippen molar-refractivity contribution >= 4 is 5.69 Å². The van der Waals surface area contributed by atoms with Gasteiger partial charge in [-0.1, -0.05) is 25.5 Å². The zero-order valence-corrected chi connectivity index (χ0v) is 18.1. The molecule has 3 aromatic rings. The first-order valence-electron chi connectivity index (χ1n) is 10.8. The number of nitrogens with zero attached hydrogens (tertiary/aromatic N) is 6. The van der Waals surface area contributed by atoms with Crippen molar-refractivity contribution < 1.29 is 9.13 Å². The molecule has 2 aromatic carbocycles. The Labute approximate surface area is 182 Å². The minimum atomic E-state index is -0.200. The highest BCUT2D eigenvalue weighted by Crippen LogP contribution is 2.27. The smallest absolute Gasteiger partial charge is 0.168 e. The molecule has 1 aliphatic heterocycles. The lowest BCUT2D eigenvalue weighted by molar-refractivity contribution is 0.164. The summed E-state index contributed by atoms with van der Waals surface area (Å²) in [6.45, 7) is 6.44. The van der Waals surface area contributed by atoms with Crippen LogP contribution in [0.15, 0.2) is 48.5 Å². The Hall–Kier alpha value is -3.00. The van der Waals surface area contributed by atoms with Crippen LogP contribution < -0.4 is 9.64 Å². The third-order valence-electron chi connectivity index (χ3n) is 5.86. The second-order valence-corrected chi connectivity index (χ2v) is 7.85. The van der Waals surface area contributed by atoms with Gasteiger partial charge in [-0.15, -0.1) is 5.10 Å². The maximum Gasteiger partial charge on any atom is 0.168 e. The molecule has 2 heterocycles. The van der Waals surface area contributed by atoms with E-state index in [-0.39, 0.29) is 11.9 Å². The highest BCUT2D eigenvalue weighted by molar-refractivity contribution is 5.46. The fourth-order valence-corrected chi connectivity index (χ4v) is 4.16. The first kappa shape index (κ1) is 21.2. The van der Waals surface area contributed by atoms with Crippen molar-refractivity contribution in [2.45, 2.75) is 32.4 Å². The van der Waals surface area contributed by atoms with Gasteiger partial charge in [-0.05, 0) is 58.8 Å². The number of tetrazole rings is 1. The Morgan fingerprint density at radius 1 is 1.00 bits per heavy atom. The Balaban J connectivity index is 1.45. The number of ether oxygens (including phenoxy) is 1. The standard InChI is InChI=1S/C23H29FN6O/c1-3-4-22(29-15-13-28(14-16-29)20-9-7-19(24)8-10-20)23-25-26-27-30(23)17-18-5-11-21(31-2)12-6-18/h5-12,22H,3-4,13-17H2,1-2H3/t22-/m1/s1. The van der Waals surface area contributed by atoms with Crippen LogP contribution in [0.1, 0.15) is 37.2 Å². The number of piperazine rings is 1. The molecule has 0 unspecified atom stereocenters. The third kappa shape index (κ3) is 5.02. The lowest BCUT2D eigenvalue weighted by Crippen LogP contribution is -2.48. The summed E-state index contributed by atoms with van der Waals surface area (Å²) in [5.74, 6) is 1.55. The van der Waals surface area contributed by atoms with Crippen LogP contribution in [0.4, 0.5) is 10.1 Å². The van der Waals surface area contributed by atoms with Crippen molar-refractivity contribution in [1.29, 1.82) is 0 Å². The van der Waals surface area contributed by atoms with Crippen molar-refractivity contribution in [3.8, 4) is 5.75 Å². The first-order valence-corrected chi connectivity index (χ1v) is 10.8. The Morgan fingerprint density at radius 3 is 2.35 bits per heavy atom. The van der Waals surface area contributed by atoms with Gasteiger partial charge in [0.2, 0.25) is 0 Å². The Kier molecular flexibility index (Phi) is 6.76. The molecule has 8 heteroatoms. The molecule has 0 N–H and O–H groups in total. The number of hydrogen-bond donors (Lipinski definition) is 0. The van der Waals surface area contributed by atoms with Gasteiger partial charge in [-0.2, -0.15) is 0 Å². The summed E-state index contributed by atoms with van der Waals surface area (Å²) >= 11 is 0. The number of hydrogen-bond acceptors (Lipinski definition) is 6. The van der Waals surface area contributed by atoms with Gasteiger partial charge in [0.1, 0.15) is 11.6 Å². The zero-order valence-electron chi connectivity index (χ0n) is 18.1. The molecule has 31 heavy (non-hydrogen) atoms. The summed E-state index contributed by atoms with van der Waals surface area (Å²) in [4.78, 5) is 4.78. The molecule has 1 aliphatic rings. The summed E-state index contributed by atoms with van der Waals surface area (Å²) in [5, 5.41) is 12.7. The number of methoxy groups -OCH3 is 1. The van der Waals surface area contributed by atoms with Gasteiger partial charge < -0.3 is 9.64 Å². The molecule has 0 amide bonds. The van der Waals surface area contributed by atoms with E-state index in [2.05, 4.69) is 32.2 Å². The minimum Gasteiger partial charge on any atom is -0.497 e. The van der Waals surface area contributed by atoms with Crippen molar-refractivity contribution in [1.82, 2.24) is 25.1 Å². The van der Waals surface area contributed by atoms with E-state index >= 15 is 0 Å². The molecular weight excluding hydrogens is 395 g/mol. The van der Waals surface area contributed by atoms with Gasteiger partial charge in [0.15, 0.2) is 5.82 Å². The summed E-state index contributed by atoms with van der Waals surface area (Å²) in [6, 6.07) is 14.9. The molecular formula is C23H29FN6O. The van der Waals surface area contributed by atoms with Crippen LogP contribution in [0.5, 0.6) is 5.75 Å². The van der Waals surface area contributed by atoms with Gasteiger partial charge in [0.25, 0.3) is 0 Å². The van der Waals surface area contributed by atoms with Gasteiger partial charge >= 0.3 is 0 Å². The van der Waals surface area contributed by atoms with Crippen LogP contribution >= 0.6 is 0 Å². The van der Waals surface area contributed by atoms with Crippen LogP contribution in [0, 0.1) is 5.82 Å². The Bertz CT molecular complexity index is 951. The lowest BCUT2D eigenvalue weighted by atomic mass is 10.1. The summed E-state index contributed by atoms with van der Waals surface area (Å²) < 4.78 is 20.4. The van der Waals surface area contributed by atoms with E-state index in [4.69, 9.17) is 4.74 Å². The second kappa shape index (κ2) is 9.87. The number of anilines is 1. The molecule has 1 aromatic heterocycles. The minimum absolute atomic E-state index is 0.175. The fraction of sp³-hybridized carbons (Fsp3) is 0.435. The third-order valence-corrected chi connectivity index (χ3v) is 5.86. The average molecular weight is 425 g/mol. The van der Waals surface area contributed by atoms with E-state index in [0.717, 1.165) is 61.8 Å². The molecule has 0 radical (unpaired) electrons. The number of halogens is 1. The average Bonchev–Trinajstić information content (AvgIpc) is 3.26. The van der Waals surface area contributed by atoms with Gasteiger partial charge in [-0.25, -0.2) is 9.07 Å². The summed E-state index contributed by atoms with van der Waals surface area (Å²) in [7, 11) is 1.67. The van der Waals surface area contributed by atoms with Crippen molar-refractivity contribution in [2.24, 2.45) is 0 Å². The maximum absolute atomic E-state index is 13.2. The summed E-state index contributed by atoms with van der Waals surface area (Å²) in [6.07, 6.45) is 2.05. The van der Waals surface area contributed by atoms with Gasteiger partial charge in [0, 0.05) is 31.9 Å². The molecule has 0 aliphatic carbocycles. The Morgan fingerprint density at radius 2 is 1.71 bits per heavy atom. The van der Waals surface area contributed by atoms with E-state index in [9.17, 15) is 4.39 Å². The maximum atomic E-state index is 13.2. The normalized spacial score (nSPS) is 15.8. The second-order valence-electron chi connectivity index (χ2n) is 7.85. The molecule has 4 rings (SSSR count). The number of aromatic nitrogens is 4. The predicted octanol–water partition coefficient (Wildman–Crippen LogP) is 3.53. The molecule has 0 saturated carbocycles. The first-order chi connectivity index (χ1) is 15.2. The molecule has 164 valence electrons. The van der Waals surface area contributed by atoms with Gasteiger partial charge in [0.05, 0.1) is 19.7 Å². The highest BCUT2D eigenvalue weighted by Gasteiger charge is 2.28.